The van der Waals surface area contributed by atoms with Crippen molar-refractivity contribution in [2.45, 2.75) is 26.7 Å². The number of pyridine rings is 1. The molecule has 82 valence electrons. The van der Waals surface area contributed by atoms with Crippen LogP contribution in [0.1, 0.15) is 31.0 Å². The Balaban J connectivity index is 2.82. The Labute approximate surface area is 95.7 Å². The first-order valence-corrected chi connectivity index (χ1v) is 5.46. The Hall–Kier alpha value is -1.16. The fraction of sp³-hybridized carbons (Fsp3) is 0.455. The lowest BCUT2D eigenvalue weighted by atomic mass is 10.2. The topological polar surface area (TPSA) is 48.1 Å². The fourth-order valence-corrected chi connectivity index (χ4v) is 1.30. The molecule has 3 nitrogen and oxygen atoms in total. The maximum Gasteiger partial charge on any atom is 0.223 e. The summed E-state index contributed by atoms with van der Waals surface area (Å²) >= 11 is 4.93. The van der Waals surface area contributed by atoms with Gasteiger partial charge >= 0.3 is 0 Å². The summed E-state index contributed by atoms with van der Waals surface area (Å²) in [5.74, 6) is 0.552. The molecule has 0 radical (unpaired) electrons. The highest BCUT2D eigenvalue weighted by Gasteiger charge is 2.07. The number of nitrogens with two attached hydrogens (primary N) is 1. The summed E-state index contributed by atoms with van der Waals surface area (Å²) in [5, 5.41) is 0. The highest BCUT2D eigenvalue weighted by atomic mass is 32.1. The van der Waals surface area contributed by atoms with Crippen LogP contribution in [-0.2, 0) is 0 Å². The van der Waals surface area contributed by atoms with Crippen LogP contribution >= 0.6 is 12.2 Å². The quantitative estimate of drug-likeness (QED) is 0.615. The average molecular weight is 224 g/mol. The lowest BCUT2D eigenvalue weighted by molar-refractivity contribution is 0.297. The summed E-state index contributed by atoms with van der Waals surface area (Å²) in [7, 11) is 0. The zero-order chi connectivity index (χ0) is 11.3. The first-order valence-electron chi connectivity index (χ1n) is 5.05. The largest absolute Gasteiger partial charge is 0.477 e. The molecule has 2 N–H and O–H groups in total. The predicted molar refractivity (Wildman–Crippen MR) is 65.3 cm³/mol. The molecule has 0 bridgehead atoms. The van der Waals surface area contributed by atoms with E-state index in [1.54, 1.807) is 0 Å². The maximum atomic E-state index is 5.58. The Bertz CT molecular complexity index is 352. The summed E-state index contributed by atoms with van der Waals surface area (Å²) in [6, 6.07) is 3.73. The average Bonchev–Trinajstić information content (AvgIpc) is 2.18. The van der Waals surface area contributed by atoms with Crippen molar-refractivity contribution in [3.8, 4) is 5.88 Å². The van der Waals surface area contributed by atoms with Crippen molar-refractivity contribution in [2.75, 3.05) is 6.61 Å². The Morgan fingerprint density at radius 3 is 2.87 bits per heavy atom. The molecule has 0 aliphatic rings. The van der Waals surface area contributed by atoms with Gasteiger partial charge in [-0.15, -0.1) is 0 Å². The smallest absolute Gasteiger partial charge is 0.223 e. The summed E-state index contributed by atoms with van der Waals surface area (Å²) in [4.78, 5) is 4.60. The van der Waals surface area contributed by atoms with Gasteiger partial charge in [0.15, 0.2) is 0 Å². The lowest BCUT2D eigenvalue weighted by Gasteiger charge is -2.09. The number of nitrogens with zero attached hydrogens (tertiary/aromatic N) is 1. The van der Waals surface area contributed by atoms with Crippen LogP contribution in [0.15, 0.2) is 12.1 Å². The summed E-state index contributed by atoms with van der Waals surface area (Å²) in [6.07, 6.45) is 2.10. The zero-order valence-electron chi connectivity index (χ0n) is 9.12. The molecule has 0 amide bonds. The van der Waals surface area contributed by atoms with Gasteiger partial charge in [-0.3, -0.25) is 0 Å². The molecule has 0 atom stereocenters. The molecule has 1 rings (SSSR count). The van der Waals surface area contributed by atoms with Gasteiger partial charge in [-0.05, 0) is 25.5 Å². The third-order valence-corrected chi connectivity index (χ3v) is 2.22. The highest BCUT2D eigenvalue weighted by molar-refractivity contribution is 7.80. The first-order chi connectivity index (χ1) is 7.15. The molecule has 0 aromatic carbocycles. The van der Waals surface area contributed by atoms with Crippen LogP contribution in [0, 0.1) is 6.92 Å². The summed E-state index contributed by atoms with van der Waals surface area (Å²) in [6.45, 7) is 4.68. The van der Waals surface area contributed by atoms with Gasteiger partial charge in [-0.2, -0.15) is 0 Å². The van der Waals surface area contributed by atoms with Crippen molar-refractivity contribution < 1.29 is 4.74 Å². The summed E-state index contributed by atoms with van der Waals surface area (Å²) in [5.41, 5.74) is 7.20. The van der Waals surface area contributed by atoms with Gasteiger partial charge in [0, 0.05) is 5.69 Å². The van der Waals surface area contributed by atoms with E-state index in [1.807, 2.05) is 19.1 Å². The van der Waals surface area contributed by atoms with Crippen molar-refractivity contribution >= 4 is 17.2 Å². The molecule has 0 fully saturated rings. The highest BCUT2D eigenvalue weighted by Crippen LogP contribution is 2.16. The molecule has 0 unspecified atom stereocenters. The first kappa shape index (κ1) is 11.9. The molecule has 4 heteroatoms. The molecule has 0 saturated heterocycles. The second-order valence-electron chi connectivity index (χ2n) is 3.37. The van der Waals surface area contributed by atoms with Crippen molar-refractivity contribution in [1.29, 1.82) is 0 Å². The van der Waals surface area contributed by atoms with E-state index in [9.17, 15) is 0 Å². The Kier molecular flexibility index (Phi) is 4.49. The number of hydrogen-bond acceptors (Lipinski definition) is 3. The second kappa shape index (κ2) is 5.66. The van der Waals surface area contributed by atoms with E-state index in [4.69, 9.17) is 22.7 Å². The summed E-state index contributed by atoms with van der Waals surface area (Å²) < 4.78 is 5.54. The van der Waals surface area contributed by atoms with Crippen molar-refractivity contribution in [2.24, 2.45) is 5.73 Å². The molecular weight excluding hydrogens is 208 g/mol. The van der Waals surface area contributed by atoms with E-state index in [0.29, 0.717) is 23.0 Å². The van der Waals surface area contributed by atoms with Crippen LogP contribution in [0.25, 0.3) is 0 Å². The molecule has 0 aliphatic heterocycles. The molecule has 0 spiro atoms. The predicted octanol–water partition coefficient (Wildman–Crippen LogP) is 2.20. The number of ether oxygens (including phenoxy) is 1. The monoisotopic (exact) mass is 224 g/mol. The number of thiocarbonyl (C=S) groups is 1. The van der Waals surface area contributed by atoms with E-state index in [1.165, 1.54) is 0 Å². The van der Waals surface area contributed by atoms with Crippen LogP contribution in [0.4, 0.5) is 0 Å². The van der Waals surface area contributed by atoms with E-state index >= 15 is 0 Å². The van der Waals surface area contributed by atoms with Gasteiger partial charge in [-0.1, -0.05) is 25.6 Å². The van der Waals surface area contributed by atoms with Crippen LogP contribution < -0.4 is 10.5 Å². The Morgan fingerprint density at radius 1 is 1.53 bits per heavy atom. The molecule has 0 aliphatic carbocycles. The number of aromatic nitrogens is 1. The molecule has 15 heavy (non-hydrogen) atoms. The number of rotatable bonds is 5. The van der Waals surface area contributed by atoms with E-state index < -0.39 is 0 Å². The normalized spacial score (nSPS) is 10.0. The van der Waals surface area contributed by atoms with Crippen LogP contribution in [0.2, 0.25) is 0 Å². The number of aryl methyl sites for hydroxylation is 1. The minimum absolute atomic E-state index is 0.328. The van der Waals surface area contributed by atoms with Gasteiger partial charge in [0.1, 0.15) is 4.99 Å². The third kappa shape index (κ3) is 3.47. The fourth-order valence-electron chi connectivity index (χ4n) is 1.14. The minimum Gasteiger partial charge on any atom is -0.477 e. The molecule has 0 saturated carbocycles. The number of unbranched alkanes of at least 4 members (excludes halogenated alkanes) is 1. The third-order valence-electron chi connectivity index (χ3n) is 2.00. The molecule has 1 aromatic heterocycles. The van der Waals surface area contributed by atoms with Gasteiger partial charge in [0.05, 0.1) is 12.2 Å². The van der Waals surface area contributed by atoms with Crippen LogP contribution in [-0.4, -0.2) is 16.6 Å². The number of hydrogen-bond donors (Lipinski definition) is 1. The standard InChI is InChI=1S/C11H16N2OS/c1-3-4-7-14-11-9(10(12)15)6-5-8(2)13-11/h5-6H,3-4,7H2,1-2H3,(H2,12,15). The van der Waals surface area contributed by atoms with Gasteiger partial charge in [-0.25, -0.2) is 4.98 Å². The molecule has 1 aromatic rings. The van der Waals surface area contributed by atoms with Crippen LogP contribution in [0.3, 0.4) is 0 Å². The minimum atomic E-state index is 0.328. The molecular formula is C11H16N2OS. The van der Waals surface area contributed by atoms with E-state index in [-0.39, 0.29) is 0 Å². The maximum absolute atomic E-state index is 5.58. The molecule has 1 heterocycles. The van der Waals surface area contributed by atoms with Gasteiger partial charge in [0.25, 0.3) is 0 Å². The lowest BCUT2D eigenvalue weighted by Crippen LogP contribution is -2.13. The Morgan fingerprint density at radius 2 is 2.27 bits per heavy atom. The zero-order valence-corrected chi connectivity index (χ0v) is 9.93. The second-order valence-corrected chi connectivity index (χ2v) is 3.81. The SMILES string of the molecule is CCCCOc1nc(C)ccc1C(N)=S. The van der Waals surface area contributed by atoms with Crippen molar-refractivity contribution in [3.63, 3.8) is 0 Å². The van der Waals surface area contributed by atoms with Crippen molar-refractivity contribution in [3.05, 3.63) is 23.4 Å². The van der Waals surface area contributed by atoms with E-state index in [0.717, 1.165) is 18.5 Å². The van der Waals surface area contributed by atoms with Gasteiger partial charge in [0.2, 0.25) is 5.88 Å². The van der Waals surface area contributed by atoms with Crippen LogP contribution in [0.5, 0.6) is 5.88 Å². The van der Waals surface area contributed by atoms with Crippen molar-refractivity contribution in [1.82, 2.24) is 4.98 Å². The van der Waals surface area contributed by atoms with E-state index in [2.05, 4.69) is 11.9 Å². The van der Waals surface area contributed by atoms with Gasteiger partial charge < -0.3 is 10.5 Å².